The highest BCUT2D eigenvalue weighted by Gasteiger charge is 2.27. The number of piperazine rings is 1. The Kier molecular flexibility index (Phi) is 5.30. The van der Waals surface area contributed by atoms with E-state index in [-0.39, 0.29) is 11.5 Å². The normalized spacial score (nSPS) is 14.1. The highest BCUT2D eigenvalue weighted by atomic mass is 35.5. The molecule has 7 nitrogen and oxygen atoms in total. The molecule has 2 aromatic heterocycles. The number of para-hydroxylation sites is 1. The molecule has 1 amide bonds. The Balaban J connectivity index is 1.40. The number of anilines is 1. The number of halogens is 2. The van der Waals surface area contributed by atoms with Crippen LogP contribution in [-0.4, -0.2) is 56.6 Å². The van der Waals surface area contributed by atoms with Crippen LogP contribution >= 0.6 is 11.6 Å². The second-order valence-electron chi connectivity index (χ2n) is 8.35. The summed E-state index contributed by atoms with van der Waals surface area (Å²) in [5.74, 6) is 0.465. The molecule has 0 N–H and O–H groups in total. The first-order chi connectivity index (χ1) is 17.1. The fraction of sp³-hybridized carbons (Fsp3) is 0.154. The molecule has 1 saturated heterocycles. The van der Waals surface area contributed by atoms with Gasteiger partial charge >= 0.3 is 0 Å². The van der Waals surface area contributed by atoms with Crippen LogP contribution in [0.3, 0.4) is 0 Å². The number of carbonyl (C=O) groups excluding carboxylic acids is 1. The van der Waals surface area contributed by atoms with Crippen molar-refractivity contribution in [1.82, 2.24) is 24.5 Å². The lowest BCUT2D eigenvalue weighted by atomic mass is 10.1. The predicted octanol–water partition coefficient (Wildman–Crippen LogP) is 4.70. The Morgan fingerprint density at radius 3 is 2.37 bits per heavy atom. The Labute approximate surface area is 205 Å². The minimum Gasteiger partial charge on any atom is -0.338 e. The van der Waals surface area contributed by atoms with Gasteiger partial charge in [0.2, 0.25) is 5.95 Å². The lowest BCUT2D eigenvalue weighted by Crippen LogP contribution is -2.49. The molecule has 0 aliphatic carbocycles. The Morgan fingerprint density at radius 2 is 1.57 bits per heavy atom. The van der Waals surface area contributed by atoms with E-state index in [0.29, 0.717) is 48.6 Å². The summed E-state index contributed by atoms with van der Waals surface area (Å²) in [6.45, 7) is 1.93. The Bertz CT molecular complexity index is 1580. The van der Waals surface area contributed by atoms with E-state index in [2.05, 4.69) is 15.1 Å². The van der Waals surface area contributed by atoms with Crippen LogP contribution in [0.25, 0.3) is 27.9 Å². The Hall–Kier alpha value is -4.04. The number of hydrogen-bond donors (Lipinski definition) is 0. The number of aromatic nitrogens is 4. The average Bonchev–Trinajstić information content (AvgIpc) is 3.34. The maximum atomic E-state index is 14.2. The summed E-state index contributed by atoms with van der Waals surface area (Å²) in [6, 6.07) is 21.4. The molecule has 0 radical (unpaired) electrons. The van der Waals surface area contributed by atoms with E-state index in [1.54, 1.807) is 17.0 Å². The highest BCUT2D eigenvalue weighted by molar-refractivity contribution is 6.33. The lowest BCUT2D eigenvalue weighted by Gasteiger charge is -2.35. The van der Waals surface area contributed by atoms with Gasteiger partial charge in [-0.25, -0.2) is 13.8 Å². The summed E-state index contributed by atoms with van der Waals surface area (Å²) in [5.41, 5.74) is 2.34. The van der Waals surface area contributed by atoms with Crippen molar-refractivity contribution in [2.75, 3.05) is 31.1 Å². The number of benzene rings is 3. The zero-order chi connectivity index (χ0) is 23.9. The van der Waals surface area contributed by atoms with E-state index in [9.17, 15) is 9.18 Å². The third kappa shape index (κ3) is 3.66. The molecule has 0 atom stereocenters. The quantitative estimate of drug-likeness (QED) is 0.370. The van der Waals surface area contributed by atoms with Gasteiger partial charge < -0.3 is 9.80 Å². The number of fused-ring (bicyclic) bond motifs is 3. The summed E-state index contributed by atoms with van der Waals surface area (Å²) in [7, 11) is 0. The van der Waals surface area contributed by atoms with E-state index in [4.69, 9.17) is 16.6 Å². The standard InChI is InChI=1S/C26H20ClFN6O/c27-20-10-4-1-7-17(20)23-30-31-24-19-9-3-6-12-22(19)29-26(34(23)24)33-15-13-32(14-16-33)25(35)18-8-2-5-11-21(18)28/h1-12H,13-16H2. The molecule has 6 rings (SSSR count). The molecule has 0 saturated carbocycles. The van der Waals surface area contributed by atoms with Crippen molar-refractivity contribution in [3.05, 3.63) is 89.2 Å². The summed E-state index contributed by atoms with van der Waals surface area (Å²) in [4.78, 5) is 21.6. The van der Waals surface area contributed by atoms with Gasteiger partial charge in [-0.3, -0.25) is 4.79 Å². The largest absolute Gasteiger partial charge is 0.338 e. The van der Waals surface area contributed by atoms with E-state index in [0.717, 1.165) is 16.5 Å². The van der Waals surface area contributed by atoms with E-state index in [1.165, 1.54) is 12.1 Å². The molecule has 1 aliphatic heterocycles. The van der Waals surface area contributed by atoms with Crippen LogP contribution in [0, 0.1) is 5.82 Å². The minimum atomic E-state index is -0.508. The topological polar surface area (TPSA) is 66.6 Å². The maximum Gasteiger partial charge on any atom is 0.256 e. The van der Waals surface area contributed by atoms with Gasteiger partial charge in [-0.15, -0.1) is 10.2 Å². The van der Waals surface area contributed by atoms with E-state index >= 15 is 0 Å². The molecule has 35 heavy (non-hydrogen) atoms. The molecule has 174 valence electrons. The van der Waals surface area contributed by atoms with Gasteiger partial charge in [0.1, 0.15) is 5.82 Å². The monoisotopic (exact) mass is 486 g/mol. The highest BCUT2D eigenvalue weighted by Crippen LogP contribution is 2.32. The second-order valence-corrected chi connectivity index (χ2v) is 8.76. The molecule has 0 bridgehead atoms. The second kappa shape index (κ2) is 8.63. The first kappa shape index (κ1) is 21.5. The first-order valence-corrected chi connectivity index (χ1v) is 11.7. The smallest absolute Gasteiger partial charge is 0.256 e. The molecule has 1 aliphatic rings. The molecule has 5 aromatic rings. The summed E-state index contributed by atoms with van der Waals surface area (Å²) < 4.78 is 16.1. The maximum absolute atomic E-state index is 14.2. The van der Waals surface area contributed by atoms with Crippen LogP contribution in [0.4, 0.5) is 10.3 Å². The molecule has 3 heterocycles. The number of carbonyl (C=O) groups is 1. The number of hydrogen-bond acceptors (Lipinski definition) is 5. The molecule has 0 unspecified atom stereocenters. The molecule has 1 fully saturated rings. The van der Waals surface area contributed by atoms with Gasteiger partial charge in [-0.05, 0) is 36.4 Å². The minimum absolute atomic E-state index is 0.0898. The van der Waals surface area contributed by atoms with Crippen LogP contribution < -0.4 is 4.90 Å². The fourth-order valence-electron chi connectivity index (χ4n) is 4.51. The number of amides is 1. The summed E-state index contributed by atoms with van der Waals surface area (Å²) >= 11 is 6.51. The summed E-state index contributed by atoms with van der Waals surface area (Å²) in [5, 5.41) is 10.4. The van der Waals surface area contributed by atoms with Gasteiger partial charge in [0.15, 0.2) is 11.5 Å². The van der Waals surface area contributed by atoms with Crippen LogP contribution in [0.1, 0.15) is 10.4 Å². The zero-order valence-corrected chi connectivity index (χ0v) is 19.4. The fourth-order valence-corrected chi connectivity index (χ4v) is 4.73. The third-order valence-electron chi connectivity index (χ3n) is 6.30. The van der Waals surface area contributed by atoms with Crippen molar-refractivity contribution < 1.29 is 9.18 Å². The predicted molar refractivity (Wildman–Crippen MR) is 133 cm³/mol. The van der Waals surface area contributed by atoms with Crippen molar-refractivity contribution >= 4 is 40.0 Å². The van der Waals surface area contributed by atoms with Crippen molar-refractivity contribution in [3.8, 4) is 11.4 Å². The van der Waals surface area contributed by atoms with Crippen molar-refractivity contribution in [3.63, 3.8) is 0 Å². The number of rotatable bonds is 3. The lowest BCUT2D eigenvalue weighted by molar-refractivity contribution is 0.0741. The Morgan fingerprint density at radius 1 is 0.857 bits per heavy atom. The van der Waals surface area contributed by atoms with Gasteiger partial charge in [0, 0.05) is 37.1 Å². The SMILES string of the molecule is O=C(c1ccccc1F)N1CCN(c2nc3ccccc3c3nnc(-c4ccccc4Cl)n23)CC1. The zero-order valence-electron chi connectivity index (χ0n) is 18.6. The van der Waals surface area contributed by atoms with Crippen LogP contribution in [0.2, 0.25) is 5.02 Å². The average molecular weight is 487 g/mol. The van der Waals surface area contributed by atoms with Gasteiger partial charge in [0.25, 0.3) is 5.91 Å². The molecule has 0 spiro atoms. The van der Waals surface area contributed by atoms with E-state index < -0.39 is 5.82 Å². The molecule has 3 aromatic carbocycles. The summed E-state index contributed by atoms with van der Waals surface area (Å²) in [6.07, 6.45) is 0. The van der Waals surface area contributed by atoms with Crippen molar-refractivity contribution in [2.45, 2.75) is 0 Å². The van der Waals surface area contributed by atoms with Crippen molar-refractivity contribution in [2.24, 2.45) is 0 Å². The number of nitrogens with zero attached hydrogens (tertiary/aromatic N) is 6. The molecule has 9 heteroatoms. The van der Waals surface area contributed by atoms with Crippen LogP contribution in [-0.2, 0) is 0 Å². The van der Waals surface area contributed by atoms with Crippen LogP contribution in [0.5, 0.6) is 0 Å². The first-order valence-electron chi connectivity index (χ1n) is 11.3. The van der Waals surface area contributed by atoms with E-state index in [1.807, 2.05) is 52.9 Å². The molecular weight excluding hydrogens is 467 g/mol. The van der Waals surface area contributed by atoms with Crippen molar-refractivity contribution in [1.29, 1.82) is 0 Å². The van der Waals surface area contributed by atoms with Gasteiger partial charge in [-0.2, -0.15) is 0 Å². The molecular formula is C26H20ClFN6O. The third-order valence-corrected chi connectivity index (χ3v) is 6.63. The van der Waals surface area contributed by atoms with Gasteiger partial charge in [-0.1, -0.05) is 48.0 Å². The van der Waals surface area contributed by atoms with Gasteiger partial charge in [0.05, 0.1) is 16.1 Å². The van der Waals surface area contributed by atoms with Crippen LogP contribution in [0.15, 0.2) is 72.8 Å².